The topological polar surface area (TPSA) is 101 Å². The van der Waals surface area contributed by atoms with Crippen molar-refractivity contribution in [1.29, 1.82) is 0 Å². The molecule has 0 aromatic heterocycles. The molecule has 0 bridgehead atoms. The Hall–Kier alpha value is -2.00. The van der Waals surface area contributed by atoms with Gasteiger partial charge in [0.15, 0.2) is 0 Å². The summed E-state index contributed by atoms with van der Waals surface area (Å²) in [7, 11) is -3.80. The minimum atomic E-state index is -3.80. The van der Waals surface area contributed by atoms with E-state index in [2.05, 4.69) is 0 Å². The van der Waals surface area contributed by atoms with Gasteiger partial charge >= 0.3 is 0 Å². The third-order valence-electron chi connectivity index (χ3n) is 3.84. The molecule has 1 saturated heterocycles. The second-order valence-corrected chi connectivity index (χ2v) is 8.08. The van der Waals surface area contributed by atoms with Gasteiger partial charge in [0.05, 0.1) is 9.82 Å². The number of non-ortho nitro benzene ring substituents is 1. The molecule has 0 N–H and O–H groups in total. The molecule has 9 heteroatoms. The van der Waals surface area contributed by atoms with Crippen LogP contribution in [0.3, 0.4) is 0 Å². The Morgan fingerprint density at radius 1 is 1.25 bits per heavy atom. The fourth-order valence-electron chi connectivity index (χ4n) is 2.56. The average molecular weight is 355 g/mol. The number of rotatable bonds is 5. The number of amides is 1. The first kappa shape index (κ1) is 18.3. The molecule has 1 aliphatic heterocycles. The summed E-state index contributed by atoms with van der Waals surface area (Å²) in [5.41, 5.74) is -0.262. The van der Waals surface area contributed by atoms with Gasteiger partial charge in [0.25, 0.3) is 5.69 Å². The molecule has 0 spiro atoms. The van der Waals surface area contributed by atoms with Crippen LogP contribution in [0.1, 0.15) is 20.3 Å². The lowest BCUT2D eigenvalue weighted by molar-refractivity contribution is -0.385. The number of piperazine rings is 1. The Balaban J connectivity index is 2.09. The Morgan fingerprint density at radius 2 is 1.88 bits per heavy atom. The second-order valence-electron chi connectivity index (χ2n) is 6.14. The zero-order valence-electron chi connectivity index (χ0n) is 13.7. The minimum absolute atomic E-state index is 0.0254. The molecular weight excluding hydrogens is 334 g/mol. The number of nitro groups is 1. The SMILES string of the molecule is CC(C)CC(=O)N1CCN(S(=O)(=O)c2cccc([N+](=O)[O-])c2)CC1. The summed E-state index contributed by atoms with van der Waals surface area (Å²) in [4.78, 5) is 23.8. The summed E-state index contributed by atoms with van der Waals surface area (Å²) in [6.07, 6.45) is 0.442. The molecule has 0 unspecified atom stereocenters. The van der Waals surface area contributed by atoms with Crippen molar-refractivity contribution in [3.8, 4) is 0 Å². The van der Waals surface area contributed by atoms with Gasteiger partial charge in [0.2, 0.25) is 15.9 Å². The van der Waals surface area contributed by atoms with Crippen LogP contribution in [0, 0.1) is 16.0 Å². The highest BCUT2D eigenvalue weighted by molar-refractivity contribution is 7.89. The van der Waals surface area contributed by atoms with Crippen molar-refractivity contribution >= 4 is 21.6 Å². The van der Waals surface area contributed by atoms with Gasteiger partial charge in [-0.15, -0.1) is 0 Å². The summed E-state index contributed by atoms with van der Waals surface area (Å²) < 4.78 is 26.5. The molecule has 2 rings (SSSR count). The zero-order chi connectivity index (χ0) is 17.9. The van der Waals surface area contributed by atoms with Gasteiger partial charge in [-0.05, 0) is 12.0 Å². The maximum atomic E-state index is 12.6. The first-order valence-electron chi connectivity index (χ1n) is 7.74. The standard InChI is InChI=1S/C15H21N3O5S/c1-12(2)10-15(19)16-6-8-17(9-7-16)24(22,23)14-5-3-4-13(11-14)18(20)21/h3-5,11-12H,6-10H2,1-2H3. The third-order valence-corrected chi connectivity index (χ3v) is 5.74. The van der Waals surface area contributed by atoms with Crippen LogP contribution >= 0.6 is 0 Å². The number of carbonyl (C=O) groups is 1. The van der Waals surface area contributed by atoms with E-state index in [0.29, 0.717) is 19.5 Å². The lowest BCUT2D eigenvalue weighted by Gasteiger charge is -2.34. The number of hydrogen-bond acceptors (Lipinski definition) is 5. The van der Waals surface area contributed by atoms with Crippen LogP contribution in [0.5, 0.6) is 0 Å². The molecule has 1 aromatic rings. The predicted molar refractivity (Wildman–Crippen MR) is 87.9 cm³/mol. The van der Waals surface area contributed by atoms with Gasteiger partial charge in [-0.3, -0.25) is 14.9 Å². The van der Waals surface area contributed by atoms with E-state index >= 15 is 0 Å². The molecule has 1 heterocycles. The molecule has 1 amide bonds. The number of sulfonamides is 1. The molecule has 24 heavy (non-hydrogen) atoms. The lowest BCUT2D eigenvalue weighted by Crippen LogP contribution is -2.50. The van der Waals surface area contributed by atoms with E-state index in [4.69, 9.17) is 0 Å². The van der Waals surface area contributed by atoms with Gasteiger partial charge in [-0.1, -0.05) is 19.9 Å². The molecule has 1 aliphatic rings. The zero-order valence-corrected chi connectivity index (χ0v) is 14.5. The van der Waals surface area contributed by atoms with Gasteiger partial charge in [0.1, 0.15) is 0 Å². The van der Waals surface area contributed by atoms with Crippen LogP contribution in [-0.4, -0.2) is 54.6 Å². The van der Waals surface area contributed by atoms with Crippen LogP contribution in [0.25, 0.3) is 0 Å². The molecule has 1 aromatic carbocycles. The number of nitrogens with zero attached hydrogens (tertiary/aromatic N) is 3. The number of nitro benzene ring substituents is 1. The molecule has 8 nitrogen and oxygen atoms in total. The summed E-state index contributed by atoms with van der Waals surface area (Å²) in [6, 6.07) is 5.01. The normalized spacial score (nSPS) is 16.4. The van der Waals surface area contributed by atoms with Crippen molar-refractivity contribution in [2.45, 2.75) is 25.2 Å². The molecular formula is C15H21N3O5S. The van der Waals surface area contributed by atoms with E-state index in [1.165, 1.54) is 22.5 Å². The Labute approximate surface area is 141 Å². The first-order chi connectivity index (χ1) is 11.2. The highest BCUT2D eigenvalue weighted by atomic mass is 32.2. The summed E-state index contributed by atoms with van der Waals surface area (Å²) in [5.74, 6) is 0.279. The molecule has 132 valence electrons. The van der Waals surface area contributed by atoms with Crippen molar-refractivity contribution < 1.29 is 18.1 Å². The van der Waals surface area contributed by atoms with E-state index in [1.807, 2.05) is 13.8 Å². The fourth-order valence-corrected chi connectivity index (χ4v) is 4.03. The third kappa shape index (κ3) is 4.09. The van der Waals surface area contributed by atoms with E-state index in [-0.39, 0.29) is 35.5 Å². The van der Waals surface area contributed by atoms with Gasteiger partial charge in [-0.2, -0.15) is 4.31 Å². The highest BCUT2D eigenvalue weighted by Gasteiger charge is 2.30. The van der Waals surface area contributed by atoms with Crippen molar-refractivity contribution in [3.63, 3.8) is 0 Å². The molecule has 0 saturated carbocycles. The largest absolute Gasteiger partial charge is 0.340 e. The van der Waals surface area contributed by atoms with Crippen molar-refractivity contribution in [3.05, 3.63) is 34.4 Å². The quantitative estimate of drug-likeness (QED) is 0.588. The maximum absolute atomic E-state index is 12.6. The highest BCUT2D eigenvalue weighted by Crippen LogP contribution is 2.22. The van der Waals surface area contributed by atoms with E-state index in [1.54, 1.807) is 4.90 Å². The molecule has 0 radical (unpaired) electrons. The van der Waals surface area contributed by atoms with Crippen molar-refractivity contribution in [2.24, 2.45) is 5.92 Å². The summed E-state index contributed by atoms with van der Waals surface area (Å²) >= 11 is 0. The van der Waals surface area contributed by atoms with Gasteiger partial charge in [0, 0.05) is 44.7 Å². The smallest absolute Gasteiger partial charge is 0.270 e. The lowest BCUT2D eigenvalue weighted by atomic mass is 10.1. The van der Waals surface area contributed by atoms with E-state index < -0.39 is 14.9 Å². The van der Waals surface area contributed by atoms with Gasteiger partial charge in [-0.25, -0.2) is 8.42 Å². The van der Waals surface area contributed by atoms with Crippen molar-refractivity contribution in [2.75, 3.05) is 26.2 Å². The molecule has 0 aliphatic carbocycles. The van der Waals surface area contributed by atoms with Crippen LogP contribution in [0.2, 0.25) is 0 Å². The minimum Gasteiger partial charge on any atom is -0.340 e. The Morgan fingerprint density at radius 3 is 2.42 bits per heavy atom. The Bertz CT molecular complexity index is 724. The number of carbonyl (C=O) groups excluding carboxylic acids is 1. The van der Waals surface area contributed by atoms with Crippen molar-refractivity contribution in [1.82, 2.24) is 9.21 Å². The first-order valence-corrected chi connectivity index (χ1v) is 9.18. The van der Waals surface area contributed by atoms with Crippen LogP contribution in [0.4, 0.5) is 5.69 Å². The predicted octanol–water partition coefficient (Wildman–Crippen LogP) is 1.47. The summed E-state index contributed by atoms with van der Waals surface area (Å²) in [5, 5.41) is 10.8. The van der Waals surface area contributed by atoms with Crippen LogP contribution < -0.4 is 0 Å². The average Bonchev–Trinajstić information content (AvgIpc) is 2.54. The summed E-state index contributed by atoms with van der Waals surface area (Å²) in [6.45, 7) is 4.96. The fraction of sp³-hybridized carbons (Fsp3) is 0.533. The Kier molecular flexibility index (Phi) is 5.55. The monoisotopic (exact) mass is 355 g/mol. The van der Waals surface area contributed by atoms with E-state index in [0.717, 1.165) is 6.07 Å². The second kappa shape index (κ2) is 7.27. The van der Waals surface area contributed by atoms with Crippen LogP contribution in [0.15, 0.2) is 29.2 Å². The van der Waals surface area contributed by atoms with E-state index in [9.17, 15) is 23.3 Å². The maximum Gasteiger partial charge on any atom is 0.270 e. The number of hydrogen-bond donors (Lipinski definition) is 0. The molecule has 0 atom stereocenters. The van der Waals surface area contributed by atoms with Gasteiger partial charge < -0.3 is 4.90 Å². The van der Waals surface area contributed by atoms with Crippen LogP contribution in [-0.2, 0) is 14.8 Å². The molecule has 1 fully saturated rings. The number of benzene rings is 1.